The van der Waals surface area contributed by atoms with Crippen LogP contribution >= 0.6 is 0 Å². The molecule has 2 aromatic carbocycles. The minimum atomic E-state index is -3.48. The van der Waals surface area contributed by atoms with Crippen LogP contribution < -0.4 is 41.6 Å². The summed E-state index contributed by atoms with van der Waals surface area (Å²) in [6.45, 7) is 9.22. The number of benzene rings is 2. The van der Waals surface area contributed by atoms with E-state index < -0.39 is 136 Å². The highest BCUT2D eigenvalue weighted by atomic mass is 19.2. The number of amides is 1. The first-order chi connectivity index (χ1) is 33.1. The molecule has 0 bridgehead atoms. The van der Waals surface area contributed by atoms with Gasteiger partial charge in [-0.25, -0.2) is 40.6 Å². The Balaban J connectivity index is 0.000000183. The number of pyridine rings is 2. The fourth-order valence-electron chi connectivity index (χ4n) is 8.65. The van der Waals surface area contributed by atoms with Gasteiger partial charge in [-0.2, -0.15) is 4.39 Å². The molecule has 388 valence electrons. The molecule has 4 aromatic rings. The van der Waals surface area contributed by atoms with Gasteiger partial charge < -0.3 is 54.4 Å². The maximum Gasteiger partial charge on any atom is 0.798 e. The lowest BCUT2D eigenvalue weighted by Gasteiger charge is -2.31. The van der Waals surface area contributed by atoms with Gasteiger partial charge in [0.25, 0.3) is 0 Å². The largest absolute Gasteiger partial charge is 0.798 e. The van der Waals surface area contributed by atoms with Crippen LogP contribution in [0.2, 0.25) is 0 Å². The van der Waals surface area contributed by atoms with Crippen LogP contribution in [0.25, 0.3) is 21.8 Å². The third-order valence-electron chi connectivity index (χ3n) is 12.7. The fraction of sp³-hybridized carbons (Fsp3) is 0.533. The van der Waals surface area contributed by atoms with Crippen molar-refractivity contribution in [3.8, 4) is 11.5 Å². The predicted molar refractivity (Wildman–Crippen MR) is 241 cm³/mol. The molecule has 16 nitrogen and oxygen atoms in total. The Labute approximate surface area is 399 Å². The summed E-state index contributed by atoms with van der Waals surface area (Å²) in [5.74, 6) is -8.23. The average Bonchev–Trinajstić information content (AvgIpc) is 4.12. The lowest BCUT2D eigenvalue weighted by Crippen LogP contribution is -2.53. The number of aromatic carboxylic acids is 1. The molecule has 0 unspecified atom stereocenters. The summed E-state index contributed by atoms with van der Waals surface area (Å²) < 4.78 is 142. The Hall–Kier alpha value is -6.18. The van der Waals surface area contributed by atoms with Gasteiger partial charge in [0.15, 0.2) is 23.1 Å². The molecule has 26 heteroatoms. The van der Waals surface area contributed by atoms with Crippen LogP contribution in [0.4, 0.5) is 49.8 Å². The van der Waals surface area contributed by atoms with Gasteiger partial charge in [0, 0.05) is 68.8 Å². The van der Waals surface area contributed by atoms with E-state index in [1.807, 2.05) is 6.92 Å². The number of alkyl carbamates (subject to hydrolysis) is 1. The second-order valence-electron chi connectivity index (χ2n) is 19.2. The van der Waals surface area contributed by atoms with Crippen molar-refractivity contribution in [1.82, 2.24) is 19.8 Å². The summed E-state index contributed by atoms with van der Waals surface area (Å²) in [5.41, 5.74) is 0.534. The van der Waals surface area contributed by atoms with Crippen molar-refractivity contribution < 1.29 is 77.7 Å². The first-order valence-electron chi connectivity index (χ1n) is 22.1. The summed E-state index contributed by atoms with van der Waals surface area (Å²) in [4.78, 5) is 61.4. The van der Waals surface area contributed by atoms with Crippen LogP contribution in [-0.4, -0.2) is 123 Å². The smallest absolute Gasteiger partial charge is 0.492 e. The zero-order chi connectivity index (χ0) is 52.8. The van der Waals surface area contributed by atoms with E-state index in [2.05, 4.69) is 15.3 Å². The quantitative estimate of drug-likeness (QED) is 0.0955. The molecule has 4 aliphatic rings. The fourth-order valence-corrected chi connectivity index (χ4v) is 8.65. The van der Waals surface area contributed by atoms with Crippen LogP contribution in [-0.2, 0) is 9.39 Å². The van der Waals surface area contributed by atoms with E-state index in [9.17, 15) is 64.1 Å². The van der Waals surface area contributed by atoms with Gasteiger partial charge in [-0.3, -0.25) is 18.4 Å². The van der Waals surface area contributed by atoms with E-state index in [4.69, 9.17) is 19.9 Å². The number of carboxylic acids is 1. The molecule has 2 aliphatic carbocycles. The molecule has 2 saturated carbocycles. The van der Waals surface area contributed by atoms with Crippen LogP contribution in [0.3, 0.4) is 0 Å². The highest BCUT2D eigenvalue weighted by molar-refractivity contribution is 6.38. The molecule has 4 fully saturated rings. The normalized spacial score (nSPS) is 25.4. The minimum absolute atomic E-state index is 0.00934. The van der Waals surface area contributed by atoms with Crippen LogP contribution in [0.15, 0.2) is 34.1 Å². The lowest BCUT2D eigenvalue weighted by atomic mass is 9.90. The third kappa shape index (κ3) is 11.2. The van der Waals surface area contributed by atoms with Gasteiger partial charge in [0.05, 0.1) is 67.0 Å². The Morgan fingerprint density at radius 1 is 0.873 bits per heavy atom. The molecule has 2 saturated heterocycles. The lowest BCUT2D eigenvalue weighted by molar-refractivity contribution is 0.0440. The van der Waals surface area contributed by atoms with Crippen LogP contribution in [0.5, 0.6) is 11.5 Å². The number of hydrogen-bond acceptors (Lipinski definition) is 12. The monoisotopic (exact) mass is 1020 g/mol. The molecule has 2 aromatic heterocycles. The number of rotatable bonds is 11. The Bertz CT molecular complexity index is 2850. The molecule has 71 heavy (non-hydrogen) atoms. The number of ether oxygens (including phenoxy) is 3. The molecule has 5 N–H and O–H groups in total. The number of nitrogens with one attached hydrogen (secondary N) is 2. The molecule has 1 amide bonds. The number of methoxy groups -OCH3 is 2. The molecule has 0 spiro atoms. The molecule has 8 atom stereocenters. The topological polar surface area (TPSA) is 206 Å². The predicted octanol–water partition coefficient (Wildman–Crippen LogP) is 6.36. The minimum Gasteiger partial charge on any atom is -0.492 e. The van der Waals surface area contributed by atoms with E-state index in [-0.39, 0.29) is 59.7 Å². The highest BCUT2D eigenvalue weighted by Gasteiger charge is 2.45. The van der Waals surface area contributed by atoms with Gasteiger partial charge >= 0.3 is 25.5 Å². The van der Waals surface area contributed by atoms with Crippen LogP contribution in [0, 0.1) is 29.3 Å². The van der Waals surface area contributed by atoms with Crippen molar-refractivity contribution in [2.45, 2.75) is 88.6 Å². The summed E-state index contributed by atoms with van der Waals surface area (Å²) in [6, 6.07) is -0.124. The number of carboxylic acid groups (broad SMARTS) is 1. The van der Waals surface area contributed by atoms with E-state index >= 15 is 4.39 Å². The number of carbonyl (C=O) groups is 3. The van der Waals surface area contributed by atoms with Gasteiger partial charge in [-0.15, -0.1) is 0 Å². The molecule has 2 aliphatic heterocycles. The number of nitrogens with zero attached hydrogens (tertiary/aromatic N) is 3. The molecule has 0 radical (unpaired) electrons. The Morgan fingerprint density at radius 2 is 1.38 bits per heavy atom. The number of hydrogen-bond donors (Lipinski definition) is 4. The Morgan fingerprint density at radius 3 is 1.85 bits per heavy atom. The van der Waals surface area contributed by atoms with E-state index in [1.165, 1.54) is 11.7 Å². The number of anilines is 1. The van der Waals surface area contributed by atoms with Gasteiger partial charge in [-0.05, 0) is 46.8 Å². The number of halogens is 9. The summed E-state index contributed by atoms with van der Waals surface area (Å²) in [6.07, 6.45) is -1.07. The van der Waals surface area contributed by atoms with Crippen molar-refractivity contribution in [3.63, 3.8) is 0 Å². The average molecular weight is 1020 g/mol. The number of aromatic nitrogens is 2. The van der Waals surface area contributed by atoms with E-state index in [1.54, 1.807) is 32.6 Å². The first-order valence-corrected chi connectivity index (χ1v) is 22.1. The maximum atomic E-state index is 15.2. The standard InChI is InChI=1S/C20H22F3N3O4.C14H9BF5NO4.C11H21FN2O2/c1-20(24)8-25(6-9(20)5-21)16-13(23)3-10-15(18(16)30-2)26(14-4-12(14)22)7-11(17(10)27)19(28)29;1-24-13-10(18)8(17)2-5-11(13)21(9-3-7(9)16)4-6(12(5)22)14(23)25-15(19)20;1-10(2,3)16-9(15)14-11(4)7-13-6-8(11)5-12/h3,7,9,12,14H,4-6,8,24H2,1-2H3,(H,28,29);2,4,7,9H,3H2,1H3;8,13H,5-7H2,1-4H3,(H,14,15)/t9-,12-,14+,20+;7-,9+;8-,11+/m000/s1. The summed E-state index contributed by atoms with van der Waals surface area (Å²) >= 11 is 0. The molecule has 4 heterocycles. The second-order valence-corrected chi connectivity index (χ2v) is 19.2. The highest BCUT2D eigenvalue weighted by Crippen LogP contribution is 2.47. The number of nitrogens with two attached hydrogens (primary N) is 1. The van der Waals surface area contributed by atoms with Crippen molar-refractivity contribution in [3.05, 3.63) is 73.6 Å². The number of fused-ring (bicyclic) bond motifs is 2. The summed E-state index contributed by atoms with van der Waals surface area (Å²) in [5, 5.41) is 14.5. The van der Waals surface area contributed by atoms with Gasteiger partial charge in [0.2, 0.25) is 16.7 Å². The van der Waals surface area contributed by atoms with Gasteiger partial charge in [-0.1, -0.05) is 0 Å². The molecule has 8 rings (SSSR count). The van der Waals surface area contributed by atoms with Crippen LogP contribution in [0.1, 0.15) is 80.3 Å². The zero-order valence-corrected chi connectivity index (χ0v) is 39.4. The molecular weight excluding hydrogens is 966 g/mol. The van der Waals surface area contributed by atoms with E-state index in [0.717, 1.165) is 30.1 Å². The second kappa shape index (κ2) is 20.5. The van der Waals surface area contributed by atoms with Crippen molar-refractivity contribution in [2.75, 3.05) is 58.6 Å². The van der Waals surface area contributed by atoms with Crippen molar-refractivity contribution in [2.24, 2.45) is 17.6 Å². The number of alkyl halides is 4. The Kier molecular flexibility index (Phi) is 15.6. The first kappa shape index (κ1) is 54.2. The SMILES string of the molecule is CC(C)(C)OC(=O)N[C@]1(C)CNC[C@@H]1CF.COc1c(F)c(F)cc2c(=O)c(C(=O)OB(F)F)cn([C@@H]3C[C@@H]3F)c12.COc1c(N2C[C@H](CF)[C@](C)(N)C2)c(F)cc2c(=O)c(C(=O)O)cn([C@@H]3C[C@@H]3F)c12. The molecular formula is C45H52BF9N6O10. The zero-order valence-electron chi connectivity index (χ0n) is 39.4. The van der Waals surface area contributed by atoms with E-state index in [0.29, 0.717) is 19.2 Å². The third-order valence-corrected chi connectivity index (χ3v) is 12.7. The van der Waals surface area contributed by atoms with Gasteiger partial charge in [0.1, 0.15) is 34.8 Å². The number of carbonyl (C=O) groups excluding carboxylic acids is 2. The summed E-state index contributed by atoms with van der Waals surface area (Å²) in [7, 11) is -1.18. The van der Waals surface area contributed by atoms with Crippen molar-refractivity contribution in [1.29, 1.82) is 0 Å². The van der Waals surface area contributed by atoms with Crippen molar-refractivity contribution >= 4 is 53.0 Å². The maximum absolute atomic E-state index is 15.2.